The summed E-state index contributed by atoms with van der Waals surface area (Å²) in [5.74, 6) is 1.04. The fourth-order valence-electron chi connectivity index (χ4n) is 5.68. The lowest BCUT2D eigenvalue weighted by Gasteiger charge is -2.62. The maximum Gasteiger partial charge on any atom is 0.174 e. The van der Waals surface area contributed by atoms with E-state index >= 15 is 0 Å². The first-order valence-corrected chi connectivity index (χ1v) is 8.24. The van der Waals surface area contributed by atoms with E-state index in [0.29, 0.717) is 12.8 Å². The topological polar surface area (TPSA) is 49.8 Å². The quantitative estimate of drug-likeness (QED) is 0.785. The van der Waals surface area contributed by atoms with Gasteiger partial charge in [-0.1, -0.05) is 12.1 Å². The number of Topliss-reactive ketones (excluding diaryl/α,β-unsaturated/α-hetero) is 1. The summed E-state index contributed by atoms with van der Waals surface area (Å²) in [6, 6.07) is 4.35. The Labute approximate surface area is 130 Å². The van der Waals surface area contributed by atoms with Gasteiger partial charge in [-0.3, -0.25) is 4.79 Å². The van der Waals surface area contributed by atoms with Crippen LogP contribution in [-0.2, 0) is 16.6 Å². The zero-order valence-corrected chi connectivity index (χ0v) is 13.1. The highest BCUT2D eigenvalue weighted by atomic mass is 16.5. The Bertz CT molecular complexity index is 715. The number of likely N-dealkylation sites (tertiary alicyclic amines) is 1. The fraction of sp³-hybridized carbons (Fsp3) is 0.611. The second-order valence-corrected chi connectivity index (χ2v) is 7.56. The van der Waals surface area contributed by atoms with Crippen molar-refractivity contribution in [1.82, 2.24) is 4.90 Å². The van der Waals surface area contributed by atoms with E-state index in [1.165, 1.54) is 5.56 Å². The molecule has 2 fully saturated rings. The summed E-state index contributed by atoms with van der Waals surface area (Å²) in [6.45, 7) is 2.95. The van der Waals surface area contributed by atoms with Gasteiger partial charge in [0.25, 0.3) is 0 Å². The molecule has 0 aromatic heterocycles. The Hall–Kier alpha value is -1.39. The number of hydrogen-bond acceptors (Lipinski definition) is 4. The molecule has 2 aliphatic carbocycles. The van der Waals surface area contributed by atoms with Crippen LogP contribution in [0, 0.1) is 6.92 Å². The van der Waals surface area contributed by atoms with Crippen LogP contribution < -0.4 is 4.74 Å². The van der Waals surface area contributed by atoms with Crippen LogP contribution in [0.2, 0.25) is 0 Å². The molecule has 22 heavy (non-hydrogen) atoms. The molecule has 4 atom stereocenters. The highest BCUT2D eigenvalue weighted by Crippen LogP contribution is 2.63. The van der Waals surface area contributed by atoms with Crippen LogP contribution in [0.25, 0.3) is 0 Å². The van der Waals surface area contributed by atoms with E-state index in [9.17, 15) is 9.90 Å². The average molecular weight is 299 g/mol. The van der Waals surface area contributed by atoms with Crippen LogP contribution in [0.15, 0.2) is 12.1 Å². The number of hydrogen-bond donors (Lipinski definition) is 1. The second kappa shape index (κ2) is 3.74. The van der Waals surface area contributed by atoms with Crippen molar-refractivity contribution in [2.75, 3.05) is 13.6 Å². The predicted molar refractivity (Wildman–Crippen MR) is 81.2 cm³/mol. The standard InChI is InChI=1S/C18H21NO3/c1-10-3-4-11-9-13-18(21)6-5-12(20)16-17(18,7-8-19(13)2)14(11)15(10)22-16/h3-4,13,16,21H,5-9H2,1-2H3/t13-,16+,17+,18-/m0/s1. The van der Waals surface area contributed by atoms with Crippen molar-refractivity contribution >= 4 is 5.78 Å². The molecule has 1 N–H and O–H groups in total. The molecule has 1 spiro atoms. The average Bonchev–Trinajstić information content (AvgIpc) is 2.85. The number of nitrogens with zero attached hydrogens (tertiary/aromatic N) is 1. The number of ketones is 1. The van der Waals surface area contributed by atoms with Crippen LogP contribution in [0.1, 0.15) is 36.0 Å². The van der Waals surface area contributed by atoms with E-state index < -0.39 is 17.1 Å². The van der Waals surface area contributed by atoms with Crippen molar-refractivity contribution in [3.63, 3.8) is 0 Å². The Morgan fingerprint density at radius 2 is 2.18 bits per heavy atom. The van der Waals surface area contributed by atoms with Gasteiger partial charge in [0.1, 0.15) is 5.75 Å². The monoisotopic (exact) mass is 299 g/mol. The number of ether oxygens (including phenoxy) is 1. The third-order valence-electron chi connectivity index (χ3n) is 6.74. The van der Waals surface area contributed by atoms with Crippen molar-refractivity contribution in [3.8, 4) is 5.75 Å². The molecule has 1 aromatic carbocycles. The molecule has 2 aliphatic heterocycles. The minimum atomic E-state index is -0.843. The zero-order valence-electron chi connectivity index (χ0n) is 13.1. The predicted octanol–water partition coefficient (Wildman–Crippen LogP) is 1.35. The molecule has 0 amide bonds. The van der Waals surface area contributed by atoms with E-state index in [-0.39, 0.29) is 11.8 Å². The normalized spacial score (nSPS) is 42.0. The first-order chi connectivity index (χ1) is 10.5. The smallest absolute Gasteiger partial charge is 0.174 e. The SMILES string of the molecule is Cc1ccc2c3c1O[C@@H]1C(=O)CC[C@]4(O)[C@H](C2)N(C)CC[C@@]314. The lowest BCUT2D eigenvalue weighted by molar-refractivity contribution is -0.185. The number of carbonyl (C=O) groups excluding carboxylic acids is 1. The Balaban J connectivity index is 1.88. The summed E-state index contributed by atoms with van der Waals surface area (Å²) in [4.78, 5) is 14.9. The van der Waals surface area contributed by atoms with Gasteiger partial charge < -0.3 is 14.7 Å². The first-order valence-electron chi connectivity index (χ1n) is 8.24. The van der Waals surface area contributed by atoms with Crippen LogP contribution in [0.4, 0.5) is 0 Å². The molecule has 0 radical (unpaired) electrons. The highest BCUT2D eigenvalue weighted by Gasteiger charge is 2.72. The Morgan fingerprint density at radius 3 is 3.00 bits per heavy atom. The largest absolute Gasteiger partial charge is 0.481 e. The van der Waals surface area contributed by atoms with Crippen molar-refractivity contribution in [1.29, 1.82) is 0 Å². The first kappa shape index (κ1) is 13.1. The summed E-state index contributed by atoms with van der Waals surface area (Å²) in [7, 11) is 2.09. The van der Waals surface area contributed by atoms with Gasteiger partial charge in [0.15, 0.2) is 11.9 Å². The second-order valence-electron chi connectivity index (χ2n) is 7.56. The molecule has 116 valence electrons. The number of piperidine rings is 1. The molecule has 4 heteroatoms. The van der Waals surface area contributed by atoms with Gasteiger partial charge in [0, 0.05) is 18.0 Å². The molecule has 4 aliphatic rings. The van der Waals surface area contributed by atoms with Crippen LogP contribution in [0.5, 0.6) is 5.75 Å². The number of likely N-dealkylation sites (N-methyl/N-ethyl adjacent to an activating group) is 1. The van der Waals surface area contributed by atoms with E-state index in [1.807, 2.05) is 6.92 Å². The number of rotatable bonds is 0. The van der Waals surface area contributed by atoms with E-state index in [2.05, 4.69) is 24.1 Å². The van der Waals surface area contributed by atoms with E-state index in [0.717, 1.165) is 36.3 Å². The summed E-state index contributed by atoms with van der Waals surface area (Å²) >= 11 is 0. The molecule has 2 heterocycles. The van der Waals surface area contributed by atoms with Gasteiger partial charge in [0.2, 0.25) is 0 Å². The summed E-state index contributed by atoms with van der Waals surface area (Å²) in [6.07, 6.45) is 2.15. The van der Waals surface area contributed by atoms with E-state index in [4.69, 9.17) is 4.74 Å². The molecule has 4 nitrogen and oxygen atoms in total. The van der Waals surface area contributed by atoms with Crippen molar-refractivity contribution in [3.05, 3.63) is 28.8 Å². The molecule has 1 aromatic rings. The molecule has 1 saturated carbocycles. The summed E-state index contributed by atoms with van der Waals surface area (Å²) in [5, 5.41) is 11.7. The van der Waals surface area contributed by atoms with Gasteiger partial charge in [-0.2, -0.15) is 0 Å². The molecular weight excluding hydrogens is 278 g/mol. The molecule has 5 rings (SSSR count). The van der Waals surface area contributed by atoms with Gasteiger partial charge in [-0.25, -0.2) is 0 Å². The minimum Gasteiger partial charge on any atom is -0.481 e. The Kier molecular flexibility index (Phi) is 2.23. The Morgan fingerprint density at radius 1 is 1.36 bits per heavy atom. The van der Waals surface area contributed by atoms with Gasteiger partial charge in [0.05, 0.1) is 11.0 Å². The van der Waals surface area contributed by atoms with Crippen LogP contribution >= 0.6 is 0 Å². The maximum absolute atomic E-state index is 12.6. The van der Waals surface area contributed by atoms with Crippen LogP contribution in [0.3, 0.4) is 0 Å². The van der Waals surface area contributed by atoms with Gasteiger partial charge in [-0.05, 0) is 50.9 Å². The number of carbonyl (C=O) groups is 1. The van der Waals surface area contributed by atoms with Crippen molar-refractivity contribution < 1.29 is 14.6 Å². The molecule has 1 saturated heterocycles. The van der Waals surface area contributed by atoms with Gasteiger partial charge in [-0.15, -0.1) is 0 Å². The van der Waals surface area contributed by atoms with Crippen molar-refractivity contribution in [2.45, 2.75) is 55.8 Å². The van der Waals surface area contributed by atoms with Crippen LogP contribution in [-0.4, -0.2) is 47.1 Å². The lowest BCUT2D eigenvalue weighted by Crippen LogP contribution is -2.76. The van der Waals surface area contributed by atoms with Gasteiger partial charge >= 0.3 is 0 Å². The third kappa shape index (κ3) is 1.16. The number of aryl methyl sites for hydroxylation is 1. The number of benzene rings is 1. The third-order valence-corrected chi connectivity index (χ3v) is 6.74. The number of aliphatic hydroxyl groups is 1. The van der Waals surface area contributed by atoms with Crippen molar-refractivity contribution in [2.24, 2.45) is 0 Å². The van der Waals surface area contributed by atoms with E-state index in [1.54, 1.807) is 0 Å². The lowest BCUT2D eigenvalue weighted by atomic mass is 9.49. The summed E-state index contributed by atoms with van der Waals surface area (Å²) < 4.78 is 6.19. The maximum atomic E-state index is 12.6. The molecule has 2 bridgehead atoms. The zero-order chi connectivity index (χ0) is 15.3. The minimum absolute atomic E-state index is 0.0848. The summed E-state index contributed by atoms with van der Waals surface area (Å²) in [5.41, 5.74) is 2.13. The highest BCUT2D eigenvalue weighted by molar-refractivity contribution is 5.89. The fourth-order valence-corrected chi connectivity index (χ4v) is 5.68. The molecular formula is C18H21NO3. The molecule has 0 unspecified atom stereocenters.